The van der Waals surface area contributed by atoms with Gasteiger partial charge in [0.1, 0.15) is 5.52 Å². The minimum Gasteiger partial charge on any atom is -0.423 e. The summed E-state index contributed by atoms with van der Waals surface area (Å²) >= 11 is 0. The van der Waals surface area contributed by atoms with E-state index in [2.05, 4.69) is 28.9 Å². The van der Waals surface area contributed by atoms with E-state index in [1.165, 1.54) is 5.56 Å². The van der Waals surface area contributed by atoms with Gasteiger partial charge in [-0.2, -0.15) is 4.98 Å². The van der Waals surface area contributed by atoms with E-state index in [9.17, 15) is 0 Å². The Hall–Kier alpha value is -2.49. The van der Waals surface area contributed by atoms with Crippen molar-refractivity contribution < 1.29 is 4.42 Å². The van der Waals surface area contributed by atoms with E-state index in [-0.39, 0.29) is 0 Å². The van der Waals surface area contributed by atoms with Crippen LogP contribution in [0.3, 0.4) is 0 Å². The molecule has 0 atom stereocenters. The minimum atomic E-state index is 0.636. The number of nitrogens with two attached hydrogens (primary N) is 1. The van der Waals surface area contributed by atoms with Gasteiger partial charge in [0.2, 0.25) is 0 Å². The van der Waals surface area contributed by atoms with E-state index >= 15 is 0 Å². The molecule has 0 saturated carbocycles. The molecule has 0 spiro atoms. The first kappa shape index (κ1) is 12.5. The summed E-state index contributed by atoms with van der Waals surface area (Å²) in [5.74, 6) is 0. The van der Waals surface area contributed by atoms with Gasteiger partial charge in [0.15, 0.2) is 5.58 Å². The molecule has 3 rings (SSSR count). The van der Waals surface area contributed by atoms with Crippen molar-refractivity contribution in [2.45, 2.75) is 13.5 Å². The number of nitrogen functional groups attached to an aromatic ring is 1. The summed E-state index contributed by atoms with van der Waals surface area (Å²) in [6, 6.07) is 16.5. The lowest BCUT2D eigenvalue weighted by molar-refractivity contribution is 0.570. The summed E-state index contributed by atoms with van der Waals surface area (Å²) in [6.45, 7) is 3.70. The third-order valence-electron chi connectivity index (χ3n) is 3.27. The van der Waals surface area contributed by atoms with E-state index in [0.717, 1.165) is 24.2 Å². The fourth-order valence-corrected chi connectivity index (χ4v) is 2.18. The van der Waals surface area contributed by atoms with Crippen molar-refractivity contribution in [1.29, 1.82) is 0 Å². The zero-order chi connectivity index (χ0) is 13.9. The molecule has 4 nitrogen and oxygen atoms in total. The Bertz CT molecular complexity index is 706. The zero-order valence-electron chi connectivity index (χ0n) is 11.4. The van der Waals surface area contributed by atoms with Gasteiger partial charge in [0.05, 0.1) is 0 Å². The number of hydrogen-bond donors (Lipinski definition) is 1. The van der Waals surface area contributed by atoms with Gasteiger partial charge in [-0.1, -0.05) is 30.3 Å². The Balaban J connectivity index is 1.91. The smallest absolute Gasteiger partial charge is 0.298 e. The van der Waals surface area contributed by atoms with Crippen molar-refractivity contribution in [2.75, 3.05) is 17.2 Å². The molecular weight excluding hydrogens is 250 g/mol. The van der Waals surface area contributed by atoms with E-state index in [1.807, 2.05) is 36.4 Å². The molecule has 0 bridgehead atoms. The van der Waals surface area contributed by atoms with Gasteiger partial charge in [0, 0.05) is 24.8 Å². The van der Waals surface area contributed by atoms with Crippen LogP contribution in [0, 0.1) is 0 Å². The molecule has 0 unspecified atom stereocenters. The number of aromatic nitrogens is 1. The largest absolute Gasteiger partial charge is 0.423 e. The first-order chi connectivity index (χ1) is 9.76. The predicted octanol–water partition coefficient (Wildman–Crippen LogP) is 3.44. The molecule has 0 amide bonds. The lowest BCUT2D eigenvalue weighted by Gasteiger charge is -2.18. The van der Waals surface area contributed by atoms with Gasteiger partial charge < -0.3 is 15.1 Å². The average molecular weight is 267 g/mol. The Labute approximate surface area is 117 Å². The second-order valence-electron chi connectivity index (χ2n) is 4.72. The number of oxazole rings is 1. The minimum absolute atomic E-state index is 0.636. The summed E-state index contributed by atoms with van der Waals surface area (Å²) < 4.78 is 5.81. The van der Waals surface area contributed by atoms with Crippen LogP contribution in [0.1, 0.15) is 12.5 Å². The normalized spacial score (nSPS) is 10.8. The summed E-state index contributed by atoms with van der Waals surface area (Å²) in [5, 5.41) is 0. The Morgan fingerprint density at radius 2 is 1.95 bits per heavy atom. The third kappa shape index (κ3) is 2.45. The number of anilines is 2. The highest BCUT2D eigenvalue weighted by Crippen LogP contribution is 2.24. The fourth-order valence-electron chi connectivity index (χ4n) is 2.18. The molecule has 0 aliphatic heterocycles. The van der Waals surface area contributed by atoms with Crippen LogP contribution in [-0.4, -0.2) is 11.5 Å². The molecule has 0 aliphatic rings. The van der Waals surface area contributed by atoms with E-state index in [1.54, 1.807) is 0 Å². The van der Waals surface area contributed by atoms with Crippen molar-refractivity contribution in [1.82, 2.24) is 4.98 Å². The van der Waals surface area contributed by atoms with Crippen LogP contribution < -0.4 is 10.6 Å². The molecule has 0 radical (unpaired) electrons. The van der Waals surface area contributed by atoms with Gasteiger partial charge in [-0.25, -0.2) is 0 Å². The molecule has 1 aromatic heterocycles. The van der Waals surface area contributed by atoms with Crippen molar-refractivity contribution >= 4 is 22.8 Å². The monoisotopic (exact) mass is 267 g/mol. The molecule has 3 aromatic rings. The summed E-state index contributed by atoms with van der Waals surface area (Å²) in [5.41, 5.74) is 9.25. The second-order valence-corrected chi connectivity index (χ2v) is 4.72. The molecule has 1 heterocycles. The Kier molecular flexibility index (Phi) is 3.29. The quantitative estimate of drug-likeness (QED) is 0.736. The van der Waals surface area contributed by atoms with Crippen LogP contribution in [0.4, 0.5) is 11.7 Å². The van der Waals surface area contributed by atoms with Gasteiger partial charge in [0.25, 0.3) is 6.01 Å². The number of hydrogen-bond acceptors (Lipinski definition) is 4. The number of fused-ring (bicyclic) bond motifs is 1. The maximum atomic E-state index is 5.81. The highest BCUT2D eigenvalue weighted by molar-refractivity contribution is 5.78. The van der Waals surface area contributed by atoms with Crippen LogP contribution in [0.5, 0.6) is 0 Å². The van der Waals surface area contributed by atoms with Crippen molar-refractivity contribution in [3.63, 3.8) is 0 Å². The fraction of sp³-hybridized carbons (Fsp3) is 0.188. The van der Waals surface area contributed by atoms with Gasteiger partial charge in [-0.15, -0.1) is 0 Å². The Morgan fingerprint density at radius 1 is 1.15 bits per heavy atom. The molecule has 0 saturated heterocycles. The summed E-state index contributed by atoms with van der Waals surface area (Å²) in [7, 11) is 0. The topological polar surface area (TPSA) is 55.3 Å². The van der Waals surface area contributed by atoms with Crippen LogP contribution in [0.15, 0.2) is 52.9 Å². The summed E-state index contributed by atoms with van der Waals surface area (Å²) in [4.78, 5) is 6.63. The molecule has 2 aromatic carbocycles. The molecular formula is C16H17N3O. The standard InChI is InChI=1S/C16H17N3O/c1-2-19(11-12-6-4-3-5-7-12)16-18-14-9-8-13(17)10-15(14)20-16/h3-10H,2,11,17H2,1H3. The van der Waals surface area contributed by atoms with Crippen LogP contribution >= 0.6 is 0 Å². The third-order valence-corrected chi connectivity index (χ3v) is 3.27. The predicted molar refractivity (Wildman–Crippen MR) is 81.6 cm³/mol. The van der Waals surface area contributed by atoms with Crippen LogP contribution in [-0.2, 0) is 6.54 Å². The Morgan fingerprint density at radius 3 is 2.70 bits per heavy atom. The highest BCUT2D eigenvalue weighted by Gasteiger charge is 2.13. The molecule has 20 heavy (non-hydrogen) atoms. The molecule has 0 aliphatic carbocycles. The van der Waals surface area contributed by atoms with E-state index < -0.39 is 0 Å². The van der Waals surface area contributed by atoms with Gasteiger partial charge in [-0.3, -0.25) is 0 Å². The molecule has 102 valence electrons. The lowest BCUT2D eigenvalue weighted by Crippen LogP contribution is -2.22. The summed E-state index contributed by atoms with van der Waals surface area (Å²) in [6.07, 6.45) is 0. The number of benzene rings is 2. The molecule has 4 heteroatoms. The van der Waals surface area contributed by atoms with Gasteiger partial charge >= 0.3 is 0 Å². The van der Waals surface area contributed by atoms with Crippen molar-refractivity contribution in [2.24, 2.45) is 0 Å². The van der Waals surface area contributed by atoms with E-state index in [4.69, 9.17) is 10.2 Å². The van der Waals surface area contributed by atoms with Crippen molar-refractivity contribution in [3.05, 3.63) is 54.1 Å². The van der Waals surface area contributed by atoms with Gasteiger partial charge in [-0.05, 0) is 24.6 Å². The number of nitrogens with zero attached hydrogens (tertiary/aromatic N) is 2. The first-order valence-corrected chi connectivity index (χ1v) is 6.71. The highest BCUT2D eigenvalue weighted by atomic mass is 16.4. The maximum Gasteiger partial charge on any atom is 0.298 e. The average Bonchev–Trinajstić information content (AvgIpc) is 2.88. The van der Waals surface area contributed by atoms with Crippen LogP contribution in [0.2, 0.25) is 0 Å². The lowest BCUT2D eigenvalue weighted by atomic mass is 10.2. The number of rotatable bonds is 4. The molecule has 0 fully saturated rings. The van der Waals surface area contributed by atoms with Crippen molar-refractivity contribution in [3.8, 4) is 0 Å². The maximum absolute atomic E-state index is 5.81. The van der Waals surface area contributed by atoms with E-state index in [0.29, 0.717) is 11.7 Å². The first-order valence-electron chi connectivity index (χ1n) is 6.71. The molecule has 2 N–H and O–H groups in total. The van der Waals surface area contributed by atoms with Crippen LogP contribution in [0.25, 0.3) is 11.1 Å². The second kappa shape index (κ2) is 5.25. The zero-order valence-corrected chi connectivity index (χ0v) is 11.4. The SMILES string of the molecule is CCN(Cc1ccccc1)c1nc2ccc(N)cc2o1.